The number of anilines is 1. The Balaban J connectivity index is 1.24. The molecule has 4 aromatic rings. The summed E-state index contributed by atoms with van der Waals surface area (Å²) in [4.78, 5) is 31.5. The summed E-state index contributed by atoms with van der Waals surface area (Å²) in [6, 6.07) is 7.68. The molecule has 0 fully saturated rings. The first-order valence-electron chi connectivity index (χ1n) is 11.3. The zero-order chi connectivity index (χ0) is 22.9. The summed E-state index contributed by atoms with van der Waals surface area (Å²) in [5, 5.41) is 12.3. The van der Waals surface area contributed by atoms with E-state index in [2.05, 4.69) is 25.1 Å². The van der Waals surface area contributed by atoms with Crippen molar-refractivity contribution in [3.05, 3.63) is 57.2 Å². The number of rotatable bonds is 5. The first kappa shape index (κ1) is 21.5. The van der Waals surface area contributed by atoms with E-state index in [1.807, 2.05) is 38.1 Å². The minimum absolute atomic E-state index is 0.0913. The molecule has 0 aliphatic carbocycles. The van der Waals surface area contributed by atoms with Gasteiger partial charge in [0.05, 0.1) is 11.7 Å². The van der Waals surface area contributed by atoms with Crippen molar-refractivity contribution in [2.24, 2.45) is 0 Å². The fraction of sp³-hybridized carbons (Fsp3) is 0.375. The van der Waals surface area contributed by atoms with E-state index in [1.165, 1.54) is 28.7 Å². The third-order valence-corrected chi connectivity index (χ3v) is 7.39. The molecule has 8 nitrogen and oxygen atoms in total. The summed E-state index contributed by atoms with van der Waals surface area (Å²) >= 11 is 1.52. The summed E-state index contributed by atoms with van der Waals surface area (Å²) in [5.41, 5.74) is 2.58. The molecule has 0 unspecified atom stereocenters. The van der Waals surface area contributed by atoms with E-state index in [-0.39, 0.29) is 24.4 Å². The quantitative estimate of drug-likeness (QED) is 0.482. The summed E-state index contributed by atoms with van der Waals surface area (Å²) in [6.07, 6.45) is 6.21. The van der Waals surface area contributed by atoms with E-state index in [1.54, 1.807) is 0 Å². The molecule has 0 saturated carbocycles. The van der Waals surface area contributed by atoms with Crippen LogP contribution in [0.15, 0.2) is 35.4 Å². The standard InChI is InChI=1S/C24H26N6O2S/c1-15-16(2)33-23-21(15)24(32)29(14-25-23)13-11-20(31)26-18-9-7-17(8-10-18)22-28-27-19-6-4-3-5-12-30(19)22/h7-10,14H,3-6,11-13H2,1-2H3,(H,26,31). The van der Waals surface area contributed by atoms with Gasteiger partial charge in [-0.1, -0.05) is 6.42 Å². The molecule has 33 heavy (non-hydrogen) atoms. The van der Waals surface area contributed by atoms with Gasteiger partial charge in [0.25, 0.3) is 5.56 Å². The number of nitrogens with one attached hydrogen (secondary N) is 1. The van der Waals surface area contributed by atoms with Crippen molar-refractivity contribution in [1.82, 2.24) is 24.3 Å². The van der Waals surface area contributed by atoms with E-state index in [0.717, 1.165) is 58.3 Å². The third kappa shape index (κ3) is 4.20. The number of carbonyl (C=O) groups is 1. The highest BCUT2D eigenvalue weighted by Crippen LogP contribution is 2.26. The van der Waals surface area contributed by atoms with E-state index < -0.39 is 0 Å². The summed E-state index contributed by atoms with van der Waals surface area (Å²) in [7, 11) is 0. The van der Waals surface area contributed by atoms with Gasteiger partial charge in [0.15, 0.2) is 5.82 Å². The molecule has 5 rings (SSSR count). The zero-order valence-electron chi connectivity index (χ0n) is 18.8. The lowest BCUT2D eigenvalue weighted by Gasteiger charge is -2.09. The van der Waals surface area contributed by atoms with Crippen molar-refractivity contribution in [2.45, 2.75) is 59.0 Å². The number of amides is 1. The number of aryl methyl sites for hydroxylation is 4. The van der Waals surface area contributed by atoms with E-state index in [4.69, 9.17) is 0 Å². The Morgan fingerprint density at radius 2 is 1.94 bits per heavy atom. The molecule has 4 heterocycles. The molecule has 1 aliphatic rings. The van der Waals surface area contributed by atoms with E-state index in [0.29, 0.717) is 11.1 Å². The van der Waals surface area contributed by atoms with Gasteiger partial charge in [-0.3, -0.25) is 14.2 Å². The van der Waals surface area contributed by atoms with Crippen LogP contribution in [-0.4, -0.2) is 30.2 Å². The molecule has 170 valence electrons. The molecule has 9 heteroatoms. The summed E-state index contributed by atoms with van der Waals surface area (Å²) < 4.78 is 3.72. The number of thiophene rings is 1. The average Bonchev–Trinajstić information content (AvgIpc) is 3.24. The number of benzene rings is 1. The maximum Gasteiger partial charge on any atom is 0.262 e. The number of nitrogens with zero attached hydrogens (tertiary/aromatic N) is 5. The Labute approximate surface area is 195 Å². The molecule has 1 amide bonds. The maximum atomic E-state index is 12.8. The summed E-state index contributed by atoms with van der Waals surface area (Å²) in [5.74, 6) is 1.78. The van der Waals surface area contributed by atoms with Gasteiger partial charge < -0.3 is 9.88 Å². The Hall–Kier alpha value is -3.33. The summed E-state index contributed by atoms with van der Waals surface area (Å²) in [6.45, 7) is 5.16. The van der Waals surface area contributed by atoms with Gasteiger partial charge in [0.1, 0.15) is 10.7 Å². The van der Waals surface area contributed by atoms with Crippen LogP contribution in [0.4, 0.5) is 5.69 Å². The predicted octanol–water partition coefficient (Wildman–Crippen LogP) is 4.09. The highest BCUT2D eigenvalue weighted by molar-refractivity contribution is 7.18. The Bertz CT molecular complexity index is 1380. The first-order chi connectivity index (χ1) is 16.0. The molecule has 1 aromatic carbocycles. The molecule has 3 aromatic heterocycles. The SMILES string of the molecule is Cc1sc2ncn(CCC(=O)Nc3ccc(-c4nnc5n4CCCCC5)cc3)c(=O)c2c1C. The monoisotopic (exact) mass is 462 g/mol. The first-order valence-corrected chi connectivity index (χ1v) is 12.1. The second kappa shape index (κ2) is 8.90. The molecule has 0 spiro atoms. The van der Waals surface area contributed by atoms with Crippen LogP contribution in [0.25, 0.3) is 21.6 Å². The van der Waals surface area contributed by atoms with Crippen molar-refractivity contribution in [3.8, 4) is 11.4 Å². The van der Waals surface area contributed by atoms with E-state index in [9.17, 15) is 9.59 Å². The Morgan fingerprint density at radius 1 is 1.12 bits per heavy atom. The molecule has 0 bridgehead atoms. The minimum Gasteiger partial charge on any atom is -0.326 e. The van der Waals surface area contributed by atoms with Crippen LogP contribution in [0.1, 0.15) is 41.9 Å². The van der Waals surface area contributed by atoms with Crippen LogP contribution >= 0.6 is 11.3 Å². The zero-order valence-corrected chi connectivity index (χ0v) is 19.6. The van der Waals surface area contributed by atoms with Crippen LogP contribution in [0, 0.1) is 13.8 Å². The average molecular weight is 463 g/mol. The molecule has 0 radical (unpaired) electrons. The molecular formula is C24H26N6O2S. The Morgan fingerprint density at radius 3 is 2.76 bits per heavy atom. The van der Waals surface area contributed by atoms with Crippen LogP contribution in [-0.2, 0) is 24.3 Å². The predicted molar refractivity (Wildman–Crippen MR) is 130 cm³/mol. The van der Waals surface area contributed by atoms with Crippen molar-refractivity contribution in [1.29, 1.82) is 0 Å². The lowest BCUT2D eigenvalue weighted by Crippen LogP contribution is -2.23. The van der Waals surface area contributed by atoms with Gasteiger partial charge in [-0.15, -0.1) is 21.5 Å². The van der Waals surface area contributed by atoms with Crippen LogP contribution < -0.4 is 10.9 Å². The topological polar surface area (TPSA) is 94.7 Å². The van der Waals surface area contributed by atoms with Gasteiger partial charge in [0, 0.05) is 42.1 Å². The van der Waals surface area contributed by atoms with Gasteiger partial charge >= 0.3 is 0 Å². The number of carbonyl (C=O) groups excluding carboxylic acids is 1. The molecular weight excluding hydrogens is 436 g/mol. The minimum atomic E-state index is -0.149. The van der Waals surface area contributed by atoms with Crippen LogP contribution in [0.5, 0.6) is 0 Å². The Kier molecular flexibility index (Phi) is 5.80. The van der Waals surface area contributed by atoms with Crippen molar-refractivity contribution in [3.63, 3.8) is 0 Å². The molecule has 0 atom stereocenters. The van der Waals surface area contributed by atoms with Crippen LogP contribution in [0.3, 0.4) is 0 Å². The van der Waals surface area contributed by atoms with Crippen molar-refractivity contribution >= 4 is 33.1 Å². The maximum absolute atomic E-state index is 12.8. The molecule has 1 aliphatic heterocycles. The number of hydrogen-bond acceptors (Lipinski definition) is 6. The second-order valence-electron chi connectivity index (χ2n) is 8.48. The largest absolute Gasteiger partial charge is 0.326 e. The lowest BCUT2D eigenvalue weighted by molar-refractivity contribution is -0.116. The van der Waals surface area contributed by atoms with Gasteiger partial charge in [-0.25, -0.2) is 4.98 Å². The number of hydrogen-bond donors (Lipinski definition) is 1. The van der Waals surface area contributed by atoms with Crippen molar-refractivity contribution < 1.29 is 4.79 Å². The normalized spacial score (nSPS) is 13.6. The second-order valence-corrected chi connectivity index (χ2v) is 9.69. The number of fused-ring (bicyclic) bond motifs is 2. The van der Waals surface area contributed by atoms with Gasteiger partial charge in [0.2, 0.25) is 5.91 Å². The third-order valence-electron chi connectivity index (χ3n) is 6.27. The van der Waals surface area contributed by atoms with Crippen molar-refractivity contribution in [2.75, 3.05) is 5.32 Å². The molecule has 1 N–H and O–H groups in total. The van der Waals surface area contributed by atoms with Gasteiger partial charge in [-0.05, 0) is 56.5 Å². The fourth-order valence-corrected chi connectivity index (χ4v) is 5.26. The van der Waals surface area contributed by atoms with Gasteiger partial charge in [-0.2, -0.15) is 0 Å². The van der Waals surface area contributed by atoms with E-state index >= 15 is 0 Å². The smallest absolute Gasteiger partial charge is 0.262 e. The fourth-order valence-electron chi connectivity index (χ4n) is 4.28. The highest BCUT2D eigenvalue weighted by atomic mass is 32.1. The van der Waals surface area contributed by atoms with Crippen LogP contribution in [0.2, 0.25) is 0 Å². The number of aromatic nitrogens is 5. The lowest BCUT2D eigenvalue weighted by atomic mass is 10.2. The molecule has 0 saturated heterocycles. The highest BCUT2D eigenvalue weighted by Gasteiger charge is 2.16.